The molecule has 0 atom stereocenters. The molecule has 0 aliphatic rings. The van der Waals surface area contributed by atoms with Crippen molar-refractivity contribution >= 4 is 17.8 Å². The summed E-state index contributed by atoms with van der Waals surface area (Å²) < 4.78 is 9.47. The quantitative estimate of drug-likeness (QED) is 0.491. The van der Waals surface area contributed by atoms with Crippen LogP contribution in [0.4, 0.5) is 0 Å². The number of carbonyl (C=O) groups excluding carboxylic acids is 3. The van der Waals surface area contributed by atoms with Crippen molar-refractivity contribution in [3.05, 3.63) is 12.2 Å². The molecular formula is C12H19NO5. The highest BCUT2D eigenvalue weighted by atomic mass is 16.5. The Morgan fingerprint density at radius 3 is 1.78 bits per heavy atom. The van der Waals surface area contributed by atoms with Gasteiger partial charge in [-0.2, -0.15) is 0 Å². The second-order valence-corrected chi connectivity index (χ2v) is 3.30. The third-order valence-corrected chi connectivity index (χ3v) is 1.87. The Labute approximate surface area is 107 Å². The van der Waals surface area contributed by atoms with Gasteiger partial charge in [0.05, 0.1) is 13.2 Å². The number of hydrogen-bond acceptors (Lipinski definition) is 5. The van der Waals surface area contributed by atoms with Crippen molar-refractivity contribution in [3.63, 3.8) is 0 Å². The minimum atomic E-state index is -0.556. The van der Waals surface area contributed by atoms with Crippen molar-refractivity contribution in [2.75, 3.05) is 26.3 Å². The van der Waals surface area contributed by atoms with E-state index in [0.717, 1.165) is 4.90 Å². The Bertz CT molecular complexity index is 304. The molecule has 0 aromatic rings. The molecule has 0 aliphatic carbocycles. The van der Waals surface area contributed by atoms with Gasteiger partial charge in [-0.25, -0.2) is 0 Å². The summed E-state index contributed by atoms with van der Waals surface area (Å²) in [6.45, 7) is 4.92. The summed E-state index contributed by atoms with van der Waals surface area (Å²) in [6, 6.07) is 0. The van der Waals surface area contributed by atoms with Gasteiger partial charge in [0, 0.05) is 0 Å². The number of allylic oxidation sites excluding steroid dienone is 1. The summed E-state index contributed by atoms with van der Waals surface area (Å²) in [4.78, 5) is 35.3. The molecule has 0 heterocycles. The number of hydrogen-bond donors (Lipinski definition) is 0. The number of esters is 2. The molecule has 0 N–H and O–H groups in total. The van der Waals surface area contributed by atoms with Crippen LogP contribution in [-0.4, -0.2) is 49.0 Å². The van der Waals surface area contributed by atoms with Gasteiger partial charge in [-0.05, 0) is 26.8 Å². The lowest BCUT2D eigenvalue weighted by Gasteiger charge is -2.18. The normalized spacial score (nSPS) is 10.2. The van der Waals surface area contributed by atoms with Crippen LogP contribution in [0, 0.1) is 0 Å². The maximum Gasteiger partial charge on any atom is 0.325 e. The summed E-state index contributed by atoms with van der Waals surface area (Å²) >= 11 is 0. The van der Waals surface area contributed by atoms with Gasteiger partial charge in [0.15, 0.2) is 0 Å². The zero-order valence-electron chi connectivity index (χ0n) is 11.0. The molecular weight excluding hydrogens is 238 g/mol. The third-order valence-electron chi connectivity index (χ3n) is 1.87. The van der Waals surface area contributed by atoms with Crippen molar-refractivity contribution in [1.82, 2.24) is 4.90 Å². The summed E-state index contributed by atoms with van der Waals surface area (Å²) in [7, 11) is 0. The fourth-order valence-electron chi connectivity index (χ4n) is 1.18. The number of carbonyl (C=O) groups is 3. The minimum Gasteiger partial charge on any atom is -0.465 e. The fraction of sp³-hybridized carbons (Fsp3) is 0.583. The first-order valence-corrected chi connectivity index (χ1v) is 5.77. The molecule has 0 aromatic carbocycles. The molecule has 0 saturated heterocycles. The summed E-state index contributed by atoms with van der Waals surface area (Å²) in [6.07, 6.45) is 2.81. The van der Waals surface area contributed by atoms with Crippen LogP contribution in [0.2, 0.25) is 0 Å². The van der Waals surface area contributed by atoms with E-state index in [-0.39, 0.29) is 26.3 Å². The topological polar surface area (TPSA) is 72.9 Å². The minimum absolute atomic E-state index is 0.226. The molecule has 0 unspecified atom stereocenters. The summed E-state index contributed by atoms with van der Waals surface area (Å²) in [5.41, 5.74) is 0. The van der Waals surface area contributed by atoms with Gasteiger partial charge < -0.3 is 14.4 Å². The van der Waals surface area contributed by atoms with Crippen LogP contribution in [0.1, 0.15) is 20.8 Å². The molecule has 1 amide bonds. The standard InChI is InChI=1S/C12H19NO5/c1-4-7-10(14)13(8-11(15)17-5-2)9-12(16)18-6-3/h4,7H,5-6,8-9H2,1-3H3. The van der Waals surface area contributed by atoms with E-state index in [4.69, 9.17) is 9.47 Å². The lowest BCUT2D eigenvalue weighted by atomic mass is 10.4. The molecule has 18 heavy (non-hydrogen) atoms. The van der Waals surface area contributed by atoms with Crippen LogP contribution in [-0.2, 0) is 23.9 Å². The Kier molecular flexibility index (Phi) is 8.26. The second-order valence-electron chi connectivity index (χ2n) is 3.30. The maximum absolute atomic E-state index is 11.6. The van der Waals surface area contributed by atoms with Gasteiger partial charge in [-0.3, -0.25) is 14.4 Å². The van der Waals surface area contributed by atoms with Crippen molar-refractivity contribution < 1.29 is 23.9 Å². The molecule has 102 valence electrons. The molecule has 0 rings (SSSR count). The average Bonchev–Trinajstić information content (AvgIpc) is 2.29. The zero-order chi connectivity index (χ0) is 14.0. The smallest absolute Gasteiger partial charge is 0.325 e. The molecule has 0 saturated carbocycles. The van der Waals surface area contributed by atoms with Crippen LogP contribution >= 0.6 is 0 Å². The summed E-state index contributed by atoms with van der Waals surface area (Å²) in [5, 5.41) is 0. The van der Waals surface area contributed by atoms with E-state index in [2.05, 4.69) is 0 Å². The van der Waals surface area contributed by atoms with E-state index in [0.29, 0.717) is 0 Å². The number of rotatable bonds is 7. The molecule has 0 bridgehead atoms. The van der Waals surface area contributed by atoms with Crippen LogP contribution < -0.4 is 0 Å². The highest BCUT2D eigenvalue weighted by Gasteiger charge is 2.19. The highest BCUT2D eigenvalue weighted by Crippen LogP contribution is 1.96. The number of nitrogens with zero attached hydrogens (tertiary/aromatic N) is 1. The predicted octanol–water partition coefficient (Wildman–Crippen LogP) is 0.517. The number of ether oxygens (including phenoxy) is 2. The largest absolute Gasteiger partial charge is 0.465 e. The van der Waals surface area contributed by atoms with Gasteiger partial charge in [0.2, 0.25) is 5.91 Å². The molecule has 0 aliphatic heterocycles. The molecule has 0 radical (unpaired) electrons. The second kappa shape index (κ2) is 9.21. The van der Waals surface area contributed by atoms with Crippen LogP contribution in [0.25, 0.3) is 0 Å². The first-order chi connectivity index (χ1) is 8.54. The molecule has 0 spiro atoms. The lowest BCUT2D eigenvalue weighted by Crippen LogP contribution is -2.39. The monoisotopic (exact) mass is 257 g/mol. The first kappa shape index (κ1) is 16.1. The van der Waals surface area contributed by atoms with E-state index >= 15 is 0 Å². The Morgan fingerprint density at radius 1 is 1.00 bits per heavy atom. The Morgan fingerprint density at radius 2 is 1.44 bits per heavy atom. The Hall–Kier alpha value is -1.85. The molecule has 0 aromatic heterocycles. The van der Waals surface area contributed by atoms with Gasteiger partial charge in [0.25, 0.3) is 0 Å². The van der Waals surface area contributed by atoms with Crippen molar-refractivity contribution in [3.8, 4) is 0 Å². The SMILES string of the molecule is CC=CC(=O)N(CC(=O)OCC)CC(=O)OCC. The van der Waals surface area contributed by atoms with Gasteiger partial charge in [0.1, 0.15) is 13.1 Å². The molecule has 0 fully saturated rings. The maximum atomic E-state index is 11.6. The van der Waals surface area contributed by atoms with E-state index < -0.39 is 17.8 Å². The third kappa shape index (κ3) is 6.67. The van der Waals surface area contributed by atoms with Gasteiger partial charge >= 0.3 is 11.9 Å². The van der Waals surface area contributed by atoms with E-state index in [9.17, 15) is 14.4 Å². The predicted molar refractivity (Wildman–Crippen MR) is 64.7 cm³/mol. The average molecular weight is 257 g/mol. The van der Waals surface area contributed by atoms with Gasteiger partial charge in [-0.1, -0.05) is 6.08 Å². The van der Waals surface area contributed by atoms with Gasteiger partial charge in [-0.15, -0.1) is 0 Å². The molecule has 6 heteroatoms. The van der Waals surface area contributed by atoms with E-state index in [1.165, 1.54) is 12.2 Å². The summed E-state index contributed by atoms with van der Waals surface area (Å²) in [5.74, 6) is -1.54. The number of amides is 1. The van der Waals surface area contributed by atoms with Crippen molar-refractivity contribution in [2.24, 2.45) is 0 Å². The molecule has 6 nitrogen and oxygen atoms in total. The van der Waals surface area contributed by atoms with E-state index in [1.807, 2.05) is 0 Å². The fourth-order valence-corrected chi connectivity index (χ4v) is 1.18. The highest BCUT2D eigenvalue weighted by molar-refractivity contribution is 5.92. The van der Waals surface area contributed by atoms with E-state index in [1.54, 1.807) is 20.8 Å². The lowest BCUT2D eigenvalue weighted by molar-refractivity contribution is -0.152. The van der Waals surface area contributed by atoms with Crippen LogP contribution in [0.5, 0.6) is 0 Å². The van der Waals surface area contributed by atoms with Crippen LogP contribution in [0.3, 0.4) is 0 Å². The first-order valence-electron chi connectivity index (χ1n) is 5.77. The van der Waals surface area contributed by atoms with Crippen molar-refractivity contribution in [1.29, 1.82) is 0 Å². The van der Waals surface area contributed by atoms with Crippen LogP contribution in [0.15, 0.2) is 12.2 Å². The zero-order valence-corrected chi connectivity index (χ0v) is 11.0. The van der Waals surface area contributed by atoms with Crippen molar-refractivity contribution in [2.45, 2.75) is 20.8 Å². The Balaban J connectivity index is 4.56.